The molecule has 1 fully saturated rings. The van der Waals surface area contributed by atoms with Gasteiger partial charge in [-0.05, 0) is 35.7 Å². The van der Waals surface area contributed by atoms with Crippen LogP contribution in [0.2, 0.25) is 0 Å². The van der Waals surface area contributed by atoms with Crippen LogP contribution in [0.4, 0.5) is 20.2 Å². The standard InChI is InChI=1S/C21H25F2N3O3S/c1-30(28,29)26-7-6-15-12-16(2-4-19(15)26)21(27)14-24-8-10-25(11-9-24)20-5-3-17(22)13-18(20)23/h2-5,12-13,21,27H,6-11,14H2,1H3. The second kappa shape index (κ2) is 8.13. The van der Waals surface area contributed by atoms with Crippen LogP contribution in [0.25, 0.3) is 0 Å². The Hall–Kier alpha value is -2.23. The molecule has 30 heavy (non-hydrogen) atoms. The number of rotatable bonds is 5. The summed E-state index contributed by atoms with van der Waals surface area (Å²) in [6.07, 6.45) is 1.13. The molecule has 2 aliphatic heterocycles. The molecule has 1 unspecified atom stereocenters. The van der Waals surface area contributed by atoms with Crippen LogP contribution < -0.4 is 9.21 Å². The van der Waals surface area contributed by atoms with Gasteiger partial charge in [0.25, 0.3) is 0 Å². The van der Waals surface area contributed by atoms with E-state index in [9.17, 15) is 22.3 Å². The summed E-state index contributed by atoms with van der Waals surface area (Å²) in [6.45, 7) is 3.34. The number of halogens is 2. The average Bonchev–Trinajstić information content (AvgIpc) is 3.12. The number of anilines is 2. The Bertz CT molecular complexity index is 1040. The van der Waals surface area contributed by atoms with Crippen LogP contribution in [0.5, 0.6) is 0 Å². The van der Waals surface area contributed by atoms with Crippen LogP contribution in [0.15, 0.2) is 36.4 Å². The molecule has 0 amide bonds. The number of β-amino-alcohol motifs (C(OH)–C–C–N with tert-alkyl or cyclic N) is 1. The summed E-state index contributed by atoms with van der Waals surface area (Å²) in [5.41, 5.74) is 2.76. The van der Waals surface area contributed by atoms with Gasteiger partial charge in [0, 0.05) is 45.3 Å². The van der Waals surface area contributed by atoms with Crippen LogP contribution >= 0.6 is 0 Å². The first-order valence-electron chi connectivity index (χ1n) is 9.93. The number of aliphatic hydroxyl groups is 1. The summed E-state index contributed by atoms with van der Waals surface area (Å²) >= 11 is 0. The number of sulfonamides is 1. The van der Waals surface area contributed by atoms with E-state index in [1.165, 1.54) is 22.7 Å². The van der Waals surface area contributed by atoms with Crippen molar-refractivity contribution in [3.05, 3.63) is 59.2 Å². The van der Waals surface area contributed by atoms with Crippen molar-refractivity contribution >= 4 is 21.4 Å². The zero-order valence-electron chi connectivity index (χ0n) is 16.8. The molecule has 1 saturated heterocycles. The molecule has 0 saturated carbocycles. The lowest BCUT2D eigenvalue weighted by Crippen LogP contribution is -2.47. The number of hydrogen-bond acceptors (Lipinski definition) is 5. The second-order valence-electron chi connectivity index (χ2n) is 7.87. The first-order valence-corrected chi connectivity index (χ1v) is 11.8. The zero-order chi connectivity index (χ0) is 21.5. The predicted octanol–water partition coefficient (Wildman–Crippen LogP) is 2.14. The van der Waals surface area contributed by atoms with E-state index in [1.807, 2.05) is 11.0 Å². The molecule has 0 bridgehead atoms. The fourth-order valence-electron chi connectivity index (χ4n) is 4.20. The summed E-state index contributed by atoms with van der Waals surface area (Å²) in [5.74, 6) is -1.16. The second-order valence-corrected chi connectivity index (χ2v) is 9.78. The van der Waals surface area contributed by atoms with Gasteiger partial charge < -0.3 is 10.0 Å². The number of benzene rings is 2. The van der Waals surface area contributed by atoms with Gasteiger partial charge in [-0.3, -0.25) is 9.21 Å². The van der Waals surface area contributed by atoms with Crippen molar-refractivity contribution in [2.75, 3.05) is 54.7 Å². The molecule has 1 N–H and O–H groups in total. The molecule has 0 aliphatic carbocycles. The van der Waals surface area contributed by atoms with E-state index in [1.54, 1.807) is 12.1 Å². The zero-order valence-corrected chi connectivity index (χ0v) is 17.6. The summed E-state index contributed by atoms with van der Waals surface area (Å²) < 4.78 is 52.2. The average molecular weight is 438 g/mol. The number of nitrogens with zero attached hydrogens (tertiary/aromatic N) is 3. The van der Waals surface area contributed by atoms with E-state index in [4.69, 9.17) is 0 Å². The Morgan fingerprint density at radius 3 is 2.37 bits per heavy atom. The van der Waals surface area contributed by atoms with Crippen molar-refractivity contribution in [1.29, 1.82) is 0 Å². The summed E-state index contributed by atoms with van der Waals surface area (Å²) in [7, 11) is -3.29. The Kier molecular flexibility index (Phi) is 5.69. The quantitative estimate of drug-likeness (QED) is 0.777. The molecule has 1 atom stereocenters. The Morgan fingerprint density at radius 2 is 1.70 bits per heavy atom. The Morgan fingerprint density at radius 1 is 1.00 bits per heavy atom. The largest absolute Gasteiger partial charge is 0.387 e. The normalized spacial score (nSPS) is 18.5. The first kappa shape index (κ1) is 21.0. The van der Waals surface area contributed by atoms with Crippen LogP contribution in [0.1, 0.15) is 17.2 Å². The minimum atomic E-state index is -3.29. The van der Waals surface area contributed by atoms with Crippen molar-refractivity contribution in [2.45, 2.75) is 12.5 Å². The highest BCUT2D eigenvalue weighted by atomic mass is 32.2. The lowest BCUT2D eigenvalue weighted by Gasteiger charge is -2.37. The van der Waals surface area contributed by atoms with Crippen molar-refractivity contribution in [3.8, 4) is 0 Å². The van der Waals surface area contributed by atoms with Crippen LogP contribution in [-0.4, -0.2) is 63.9 Å². The van der Waals surface area contributed by atoms with Gasteiger partial charge in [0.05, 0.1) is 23.7 Å². The minimum Gasteiger partial charge on any atom is -0.387 e. The van der Waals surface area contributed by atoms with Gasteiger partial charge in [0.2, 0.25) is 10.0 Å². The van der Waals surface area contributed by atoms with Gasteiger partial charge in [-0.1, -0.05) is 12.1 Å². The molecule has 0 spiro atoms. The molecular formula is C21H25F2N3O3S. The SMILES string of the molecule is CS(=O)(=O)N1CCc2cc(C(O)CN3CCN(c4ccc(F)cc4F)CC3)ccc21. The van der Waals surface area contributed by atoms with E-state index in [0.717, 1.165) is 17.2 Å². The molecule has 2 aromatic carbocycles. The number of aliphatic hydroxyl groups excluding tert-OH is 1. The maximum absolute atomic E-state index is 14.0. The molecule has 6 nitrogen and oxygen atoms in total. The predicted molar refractivity (Wildman–Crippen MR) is 112 cm³/mol. The Balaban J connectivity index is 1.37. The van der Waals surface area contributed by atoms with Crippen LogP contribution in [0, 0.1) is 11.6 Å². The first-order chi connectivity index (χ1) is 14.2. The maximum Gasteiger partial charge on any atom is 0.232 e. The lowest BCUT2D eigenvalue weighted by atomic mass is 10.0. The summed E-state index contributed by atoms with van der Waals surface area (Å²) in [5, 5.41) is 10.7. The van der Waals surface area contributed by atoms with Crippen LogP contribution in [0.3, 0.4) is 0 Å². The molecule has 2 heterocycles. The fraction of sp³-hybridized carbons (Fsp3) is 0.429. The fourth-order valence-corrected chi connectivity index (χ4v) is 5.16. The van der Waals surface area contributed by atoms with E-state index in [0.29, 0.717) is 57.1 Å². The van der Waals surface area contributed by atoms with Gasteiger partial charge in [-0.25, -0.2) is 17.2 Å². The van der Waals surface area contributed by atoms with Crippen molar-refractivity contribution in [3.63, 3.8) is 0 Å². The molecule has 2 aliphatic rings. The maximum atomic E-state index is 14.0. The van der Waals surface area contributed by atoms with Crippen LogP contribution in [-0.2, 0) is 16.4 Å². The van der Waals surface area contributed by atoms with Crippen molar-refractivity contribution < 1.29 is 22.3 Å². The monoisotopic (exact) mass is 437 g/mol. The third-order valence-electron chi connectivity index (χ3n) is 5.80. The van der Waals surface area contributed by atoms with Gasteiger partial charge >= 0.3 is 0 Å². The number of hydrogen-bond donors (Lipinski definition) is 1. The molecule has 2 aromatic rings. The Labute approximate surface area is 175 Å². The highest BCUT2D eigenvalue weighted by Gasteiger charge is 2.27. The van der Waals surface area contributed by atoms with Crippen molar-refractivity contribution in [1.82, 2.24) is 4.90 Å². The molecule has 162 valence electrons. The van der Waals surface area contributed by atoms with Gasteiger partial charge in [-0.2, -0.15) is 0 Å². The van der Waals surface area contributed by atoms with E-state index in [2.05, 4.69) is 4.90 Å². The topological polar surface area (TPSA) is 64.1 Å². The van der Waals surface area contributed by atoms with Gasteiger partial charge in [0.15, 0.2) is 0 Å². The third kappa shape index (κ3) is 4.28. The minimum absolute atomic E-state index is 0.394. The van der Waals surface area contributed by atoms with Gasteiger partial charge in [0.1, 0.15) is 11.6 Å². The summed E-state index contributed by atoms with van der Waals surface area (Å²) in [6, 6.07) is 9.03. The smallest absolute Gasteiger partial charge is 0.232 e. The van der Waals surface area contributed by atoms with Crippen molar-refractivity contribution in [2.24, 2.45) is 0 Å². The number of piperazine rings is 1. The van der Waals surface area contributed by atoms with E-state index < -0.39 is 27.8 Å². The lowest BCUT2D eigenvalue weighted by molar-refractivity contribution is 0.109. The van der Waals surface area contributed by atoms with E-state index in [-0.39, 0.29) is 0 Å². The van der Waals surface area contributed by atoms with E-state index >= 15 is 0 Å². The number of fused-ring (bicyclic) bond motifs is 1. The summed E-state index contributed by atoms with van der Waals surface area (Å²) in [4.78, 5) is 3.99. The highest BCUT2D eigenvalue weighted by molar-refractivity contribution is 7.92. The molecule has 0 radical (unpaired) electrons. The third-order valence-corrected chi connectivity index (χ3v) is 6.98. The molecular weight excluding hydrogens is 412 g/mol. The molecule has 0 aromatic heterocycles. The highest BCUT2D eigenvalue weighted by Crippen LogP contribution is 2.32. The van der Waals surface area contributed by atoms with Gasteiger partial charge in [-0.15, -0.1) is 0 Å². The molecule has 4 rings (SSSR count). The molecule has 9 heteroatoms.